The summed E-state index contributed by atoms with van der Waals surface area (Å²) >= 11 is 1.48. The Morgan fingerprint density at radius 3 is 2.50 bits per heavy atom. The molecule has 3 unspecified atom stereocenters. The summed E-state index contributed by atoms with van der Waals surface area (Å²) in [5, 5.41) is 9.01. The zero-order chi connectivity index (χ0) is 24.6. The van der Waals surface area contributed by atoms with Crippen molar-refractivity contribution in [3.05, 3.63) is 33.6 Å². The molecule has 9 nitrogen and oxygen atoms in total. The van der Waals surface area contributed by atoms with E-state index in [1.165, 1.54) is 11.8 Å². The third-order valence-corrected chi connectivity index (χ3v) is 7.05. The quantitative estimate of drug-likeness (QED) is 0.224. The minimum absolute atomic E-state index is 0.0186. The highest BCUT2D eigenvalue weighted by Crippen LogP contribution is 2.21. The van der Waals surface area contributed by atoms with Gasteiger partial charge >= 0.3 is 0 Å². The first-order chi connectivity index (χ1) is 16.6. The van der Waals surface area contributed by atoms with Gasteiger partial charge in [-0.25, -0.2) is 0 Å². The second kappa shape index (κ2) is 16.7. The molecule has 3 atom stereocenters. The number of carbonyl (C=O) groups is 2. The normalized spacial score (nSPS) is 18.7. The molecule has 0 radical (unpaired) electrons. The fraction of sp³-hybridized carbons (Fsp3) is 0.750. The van der Waals surface area contributed by atoms with Gasteiger partial charge in [-0.15, -0.1) is 0 Å². The zero-order valence-corrected chi connectivity index (χ0v) is 20.8. The molecule has 0 aromatic rings. The van der Waals surface area contributed by atoms with E-state index < -0.39 is 18.1 Å². The van der Waals surface area contributed by atoms with Crippen LogP contribution >= 0.6 is 11.8 Å². The number of ether oxygens (including phenoxy) is 2. The van der Waals surface area contributed by atoms with Gasteiger partial charge in [-0.05, 0) is 37.9 Å². The maximum absolute atomic E-state index is 12.4. The van der Waals surface area contributed by atoms with Crippen LogP contribution in [0.1, 0.15) is 58.3 Å². The lowest BCUT2D eigenvalue weighted by atomic mass is 10.0. The molecule has 34 heavy (non-hydrogen) atoms. The molecule has 0 heterocycles. The molecular weight excluding hydrogens is 458 g/mol. The largest absolute Gasteiger partial charge is 0.377 e. The monoisotopic (exact) mass is 495 g/mol. The van der Waals surface area contributed by atoms with E-state index in [1.54, 1.807) is 13.0 Å². The van der Waals surface area contributed by atoms with Gasteiger partial charge in [-0.1, -0.05) is 48.3 Å². The topological polar surface area (TPSA) is 123 Å². The average Bonchev–Trinajstić information content (AvgIpc) is 3.40. The van der Waals surface area contributed by atoms with Crippen molar-refractivity contribution in [1.29, 1.82) is 0 Å². The summed E-state index contributed by atoms with van der Waals surface area (Å²) in [4.78, 5) is 46.9. The van der Waals surface area contributed by atoms with Crippen LogP contribution in [0.15, 0.2) is 34.2 Å². The molecule has 0 aliphatic heterocycles. The van der Waals surface area contributed by atoms with Crippen LogP contribution in [0.2, 0.25) is 0 Å². The molecule has 1 N–H and O–H groups in total. The molecule has 1 fully saturated rings. The summed E-state index contributed by atoms with van der Waals surface area (Å²) in [7, 11) is 0. The van der Waals surface area contributed by atoms with E-state index in [0.29, 0.717) is 29.9 Å². The number of hydrogen-bond acceptors (Lipinski definition) is 9. The van der Waals surface area contributed by atoms with Crippen LogP contribution in [0.4, 0.5) is 0 Å². The number of hydrogen-bond donors (Lipinski definition) is 1. The summed E-state index contributed by atoms with van der Waals surface area (Å²) in [6.45, 7) is 2.20. The first-order valence-corrected chi connectivity index (χ1v) is 13.3. The first kappa shape index (κ1) is 28.3. The Kier molecular flexibility index (Phi) is 13.9. The number of thioether (sulfide) groups is 1. The summed E-state index contributed by atoms with van der Waals surface area (Å²) in [5.74, 6) is 0.764. The Bertz CT molecular complexity index is 723. The molecule has 10 heteroatoms. The lowest BCUT2D eigenvalue weighted by molar-refractivity contribution is -0.125. The van der Waals surface area contributed by atoms with E-state index in [9.17, 15) is 19.4 Å². The molecule has 0 spiro atoms. The van der Waals surface area contributed by atoms with E-state index in [0.717, 1.165) is 38.5 Å². The number of rotatable bonds is 18. The van der Waals surface area contributed by atoms with Gasteiger partial charge < -0.3 is 14.8 Å². The lowest BCUT2D eigenvalue weighted by Crippen LogP contribution is -2.41. The van der Waals surface area contributed by atoms with E-state index in [-0.39, 0.29) is 37.6 Å². The minimum Gasteiger partial charge on any atom is -0.377 e. The van der Waals surface area contributed by atoms with Gasteiger partial charge in [0.1, 0.15) is 12.1 Å². The van der Waals surface area contributed by atoms with Crippen LogP contribution in [-0.4, -0.2) is 67.2 Å². The SMILES string of the molecule is CCC(=O)C(CCSCC(COCC(COC1CCCC1)N=O)N=O)NC(=O)C1=CCCC=C1. The van der Waals surface area contributed by atoms with E-state index >= 15 is 0 Å². The van der Waals surface area contributed by atoms with Crippen molar-refractivity contribution in [3.8, 4) is 0 Å². The van der Waals surface area contributed by atoms with Gasteiger partial charge in [0, 0.05) is 17.7 Å². The molecule has 190 valence electrons. The Balaban J connectivity index is 1.66. The zero-order valence-electron chi connectivity index (χ0n) is 20.0. The van der Waals surface area contributed by atoms with Gasteiger partial charge in [0.05, 0.1) is 32.0 Å². The summed E-state index contributed by atoms with van der Waals surface area (Å²) < 4.78 is 11.2. The van der Waals surface area contributed by atoms with Gasteiger partial charge in [-0.2, -0.15) is 21.6 Å². The number of nitroso groups, excluding NO2 is 2. The number of nitrogens with one attached hydrogen (secondary N) is 1. The Morgan fingerprint density at radius 1 is 1.12 bits per heavy atom. The first-order valence-electron chi connectivity index (χ1n) is 12.2. The Labute approximate surface area is 205 Å². The fourth-order valence-electron chi connectivity index (χ4n) is 3.86. The van der Waals surface area contributed by atoms with Crippen molar-refractivity contribution in [1.82, 2.24) is 5.32 Å². The number of nitrogens with zero attached hydrogens (tertiary/aromatic N) is 2. The Morgan fingerprint density at radius 2 is 1.85 bits per heavy atom. The highest BCUT2D eigenvalue weighted by atomic mass is 32.2. The average molecular weight is 496 g/mol. The van der Waals surface area contributed by atoms with Gasteiger partial charge in [0.2, 0.25) is 0 Å². The molecule has 2 rings (SSSR count). The van der Waals surface area contributed by atoms with Crippen molar-refractivity contribution in [2.45, 2.75) is 82.5 Å². The van der Waals surface area contributed by atoms with Crippen LogP contribution in [0, 0.1) is 9.81 Å². The van der Waals surface area contributed by atoms with Crippen LogP contribution in [-0.2, 0) is 19.1 Å². The van der Waals surface area contributed by atoms with Crippen molar-refractivity contribution >= 4 is 23.5 Å². The number of allylic oxidation sites excluding steroid dienone is 2. The van der Waals surface area contributed by atoms with Crippen molar-refractivity contribution < 1.29 is 19.1 Å². The van der Waals surface area contributed by atoms with E-state index in [2.05, 4.69) is 15.7 Å². The third-order valence-electron chi connectivity index (χ3n) is 5.91. The summed E-state index contributed by atoms with van der Waals surface area (Å²) in [6.07, 6.45) is 12.7. The van der Waals surface area contributed by atoms with E-state index in [1.807, 2.05) is 12.2 Å². The van der Waals surface area contributed by atoms with Crippen LogP contribution in [0.3, 0.4) is 0 Å². The van der Waals surface area contributed by atoms with Crippen LogP contribution in [0.25, 0.3) is 0 Å². The highest BCUT2D eigenvalue weighted by molar-refractivity contribution is 7.99. The molecule has 1 saturated carbocycles. The molecule has 0 saturated heterocycles. The van der Waals surface area contributed by atoms with Crippen molar-refractivity contribution in [2.75, 3.05) is 31.3 Å². The van der Waals surface area contributed by atoms with E-state index in [4.69, 9.17) is 9.47 Å². The molecule has 1 amide bonds. The van der Waals surface area contributed by atoms with Crippen LogP contribution in [0.5, 0.6) is 0 Å². The van der Waals surface area contributed by atoms with Crippen molar-refractivity contribution in [2.24, 2.45) is 10.4 Å². The smallest absolute Gasteiger partial charge is 0.251 e. The van der Waals surface area contributed by atoms with Gasteiger partial charge in [0.25, 0.3) is 5.91 Å². The fourth-order valence-corrected chi connectivity index (χ4v) is 4.86. The third kappa shape index (κ3) is 10.6. The van der Waals surface area contributed by atoms with Gasteiger partial charge in [-0.3, -0.25) is 9.59 Å². The summed E-state index contributed by atoms with van der Waals surface area (Å²) in [6, 6.07) is -1.72. The molecular formula is C24H37N3O6S. The minimum atomic E-state index is -0.598. The maximum atomic E-state index is 12.4. The maximum Gasteiger partial charge on any atom is 0.251 e. The number of carbonyl (C=O) groups excluding carboxylic acids is 2. The molecule has 0 bridgehead atoms. The lowest BCUT2D eigenvalue weighted by Gasteiger charge is -2.18. The molecule has 0 aromatic heterocycles. The van der Waals surface area contributed by atoms with Gasteiger partial charge in [0.15, 0.2) is 5.78 Å². The second-order valence-electron chi connectivity index (χ2n) is 8.64. The predicted molar refractivity (Wildman–Crippen MR) is 134 cm³/mol. The highest BCUT2D eigenvalue weighted by Gasteiger charge is 2.22. The Hall–Kier alpha value is -1.91. The number of ketones is 1. The second-order valence-corrected chi connectivity index (χ2v) is 9.79. The molecule has 2 aliphatic carbocycles. The van der Waals surface area contributed by atoms with Crippen LogP contribution < -0.4 is 5.32 Å². The number of amides is 1. The summed E-state index contributed by atoms with van der Waals surface area (Å²) in [5.41, 5.74) is 0.590. The van der Waals surface area contributed by atoms with Crippen molar-refractivity contribution in [3.63, 3.8) is 0 Å². The predicted octanol–water partition coefficient (Wildman–Crippen LogP) is 4.10. The number of Topliss-reactive ketones (excluding diaryl/α,β-unsaturated/α-hetero) is 1. The molecule has 2 aliphatic rings. The standard InChI is InChI=1S/C24H37N3O6S/c1-2-23(28)22(25-24(29)18-8-4-3-5-9-18)12-13-34-17-20(27-31)15-32-14-19(26-30)16-33-21-10-6-7-11-21/h4,8-9,19-22H,2-3,5-7,10-17H2,1H3,(H,25,29). The molecule has 0 aromatic carbocycles.